The molecule has 1 rings (SSSR count). The molecule has 64 valence electrons. The average molecular weight is 229 g/mol. The summed E-state index contributed by atoms with van der Waals surface area (Å²) < 4.78 is 0. The molecule has 1 N–H and O–H groups in total. The second kappa shape index (κ2) is 4.26. The van der Waals surface area contributed by atoms with E-state index in [1.807, 2.05) is 30.3 Å². The number of benzene rings is 1. The van der Waals surface area contributed by atoms with Gasteiger partial charge in [-0.25, -0.2) is 0 Å². The molecule has 2 nitrogen and oxygen atoms in total. The SMILES string of the molecule is O=C(O)[C@@H](Br)Cc1ccccc1. The minimum atomic E-state index is -0.821. The van der Waals surface area contributed by atoms with Crippen molar-refractivity contribution in [2.75, 3.05) is 0 Å². The Morgan fingerprint density at radius 2 is 2.00 bits per heavy atom. The first-order chi connectivity index (χ1) is 5.70. The molecule has 0 radical (unpaired) electrons. The molecule has 0 unspecified atom stereocenters. The highest BCUT2D eigenvalue weighted by Crippen LogP contribution is 2.09. The van der Waals surface area contributed by atoms with Crippen LogP contribution in [0, 0.1) is 0 Å². The van der Waals surface area contributed by atoms with Gasteiger partial charge in [0.15, 0.2) is 0 Å². The molecule has 12 heavy (non-hydrogen) atoms. The molecule has 0 aromatic heterocycles. The zero-order valence-corrected chi connectivity index (χ0v) is 7.99. The van der Waals surface area contributed by atoms with Crippen molar-refractivity contribution in [1.82, 2.24) is 0 Å². The molecule has 0 aliphatic rings. The van der Waals surface area contributed by atoms with Crippen LogP contribution < -0.4 is 0 Å². The number of halogens is 1. The highest BCUT2D eigenvalue weighted by atomic mass is 79.9. The van der Waals surface area contributed by atoms with Gasteiger partial charge in [-0.15, -0.1) is 0 Å². The first-order valence-corrected chi connectivity index (χ1v) is 4.52. The predicted octanol–water partition coefficient (Wildman–Crippen LogP) is 2.08. The maximum absolute atomic E-state index is 10.5. The summed E-state index contributed by atoms with van der Waals surface area (Å²) in [6.07, 6.45) is 0.524. The van der Waals surface area contributed by atoms with Crippen LogP contribution in [0.1, 0.15) is 5.56 Å². The van der Waals surface area contributed by atoms with Crippen LogP contribution in [0.3, 0.4) is 0 Å². The van der Waals surface area contributed by atoms with E-state index in [2.05, 4.69) is 15.9 Å². The fourth-order valence-corrected chi connectivity index (χ4v) is 1.28. The van der Waals surface area contributed by atoms with E-state index in [0.29, 0.717) is 6.42 Å². The van der Waals surface area contributed by atoms with E-state index in [4.69, 9.17) is 5.11 Å². The van der Waals surface area contributed by atoms with Gasteiger partial charge >= 0.3 is 5.97 Å². The van der Waals surface area contributed by atoms with Crippen LogP contribution >= 0.6 is 15.9 Å². The van der Waals surface area contributed by atoms with E-state index in [1.54, 1.807) is 0 Å². The Hall–Kier alpha value is -0.830. The topological polar surface area (TPSA) is 37.3 Å². The molecule has 0 saturated carbocycles. The molecule has 0 heterocycles. The molecule has 1 aromatic rings. The van der Waals surface area contributed by atoms with Crippen LogP contribution in [0.5, 0.6) is 0 Å². The monoisotopic (exact) mass is 228 g/mol. The van der Waals surface area contributed by atoms with Gasteiger partial charge < -0.3 is 5.11 Å². The molecule has 0 aliphatic carbocycles. The van der Waals surface area contributed by atoms with Crippen molar-refractivity contribution >= 4 is 21.9 Å². The first kappa shape index (κ1) is 9.26. The second-order valence-electron chi connectivity index (χ2n) is 2.50. The van der Waals surface area contributed by atoms with E-state index >= 15 is 0 Å². The van der Waals surface area contributed by atoms with Gasteiger partial charge in [0.1, 0.15) is 4.83 Å². The summed E-state index contributed by atoms with van der Waals surface area (Å²) in [5.41, 5.74) is 1.03. The number of carboxylic acids is 1. The number of carboxylic acid groups (broad SMARTS) is 1. The Kier molecular flexibility index (Phi) is 3.29. The van der Waals surface area contributed by atoms with Crippen LogP contribution in [0.25, 0.3) is 0 Å². The van der Waals surface area contributed by atoms with Gasteiger partial charge in [-0.3, -0.25) is 4.79 Å². The number of aliphatic carboxylic acids is 1. The third-order valence-corrected chi connectivity index (χ3v) is 2.24. The molecule has 0 saturated heterocycles. The lowest BCUT2D eigenvalue weighted by atomic mass is 10.1. The Morgan fingerprint density at radius 3 is 2.50 bits per heavy atom. The summed E-state index contributed by atoms with van der Waals surface area (Å²) in [4.78, 5) is 9.97. The molecule has 0 spiro atoms. The summed E-state index contributed by atoms with van der Waals surface area (Å²) in [7, 11) is 0. The van der Waals surface area contributed by atoms with Gasteiger partial charge in [-0.2, -0.15) is 0 Å². The van der Waals surface area contributed by atoms with E-state index < -0.39 is 10.8 Å². The number of carbonyl (C=O) groups is 1. The van der Waals surface area contributed by atoms with Crippen LogP contribution in [-0.4, -0.2) is 15.9 Å². The fraction of sp³-hybridized carbons (Fsp3) is 0.222. The number of hydrogen-bond acceptors (Lipinski definition) is 1. The average Bonchev–Trinajstić information content (AvgIpc) is 2.06. The van der Waals surface area contributed by atoms with E-state index in [1.165, 1.54) is 0 Å². The molecule has 0 bridgehead atoms. The zero-order valence-electron chi connectivity index (χ0n) is 6.40. The van der Waals surface area contributed by atoms with E-state index in [-0.39, 0.29) is 0 Å². The molecule has 1 atom stereocenters. The van der Waals surface area contributed by atoms with Crippen LogP contribution in [0.4, 0.5) is 0 Å². The molecule has 0 aliphatic heterocycles. The first-order valence-electron chi connectivity index (χ1n) is 3.61. The van der Waals surface area contributed by atoms with Gasteiger partial charge in [-0.05, 0) is 12.0 Å². The molecule has 1 aromatic carbocycles. The largest absolute Gasteiger partial charge is 0.480 e. The maximum atomic E-state index is 10.5. The summed E-state index contributed by atoms with van der Waals surface area (Å²) in [6, 6.07) is 9.54. The Morgan fingerprint density at radius 1 is 1.42 bits per heavy atom. The number of hydrogen-bond donors (Lipinski definition) is 1. The lowest BCUT2D eigenvalue weighted by Crippen LogP contribution is -2.15. The standard InChI is InChI=1S/C9H9BrO2/c10-8(9(11)12)6-7-4-2-1-3-5-7/h1-5,8H,6H2,(H,11,12)/t8-/m0/s1. The Bertz CT molecular complexity index is 258. The summed E-state index contributed by atoms with van der Waals surface area (Å²) >= 11 is 3.08. The highest BCUT2D eigenvalue weighted by Gasteiger charge is 2.12. The third-order valence-electron chi connectivity index (χ3n) is 1.53. The highest BCUT2D eigenvalue weighted by molar-refractivity contribution is 9.10. The Labute approximate surface area is 79.3 Å². The van der Waals surface area contributed by atoms with Gasteiger partial charge in [0, 0.05) is 0 Å². The summed E-state index contributed by atoms with van der Waals surface area (Å²) in [6.45, 7) is 0. The lowest BCUT2D eigenvalue weighted by Gasteiger charge is -2.03. The molecular weight excluding hydrogens is 220 g/mol. The summed E-state index contributed by atoms with van der Waals surface area (Å²) in [5.74, 6) is -0.821. The molecule has 0 amide bonds. The quantitative estimate of drug-likeness (QED) is 0.805. The van der Waals surface area contributed by atoms with Crippen molar-refractivity contribution in [3.63, 3.8) is 0 Å². The third kappa shape index (κ3) is 2.66. The number of alkyl halides is 1. The van der Waals surface area contributed by atoms with E-state index in [0.717, 1.165) is 5.56 Å². The zero-order chi connectivity index (χ0) is 8.97. The van der Waals surface area contributed by atoms with Crippen LogP contribution in [-0.2, 0) is 11.2 Å². The minimum Gasteiger partial charge on any atom is -0.480 e. The van der Waals surface area contributed by atoms with E-state index in [9.17, 15) is 4.79 Å². The van der Waals surface area contributed by atoms with Crippen molar-refractivity contribution in [3.8, 4) is 0 Å². The fourth-order valence-electron chi connectivity index (χ4n) is 0.908. The molecule has 0 fully saturated rings. The van der Waals surface area contributed by atoms with Crippen molar-refractivity contribution in [1.29, 1.82) is 0 Å². The second-order valence-corrected chi connectivity index (χ2v) is 3.60. The smallest absolute Gasteiger partial charge is 0.317 e. The lowest BCUT2D eigenvalue weighted by molar-refractivity contribution is -0.136. The molecule has 3 heteroatoms. The van der Waals surface area contributed by atoms with Crippen molar-refractivity contribution in [2.24, 2.45) is 0 Å². The van der Waals surface area contributed by atoms with Gasteiger partial charge in [0.2, 0.25) is 0 Å². The van der Waals surface area contributed by atoms with Gasteiger partial charge in [-0.1, -0.05) is 46.3 Å². The van der Waals surface area contributed by atoms with Gasteiger partial charge in [0.25, 0.3) is 0 Å². The van der Waals surface area contributed by atoms with Crippen LogP contribution in [0.15, 0.2) is 30.3 Å². The number of rotatable bonds is 3. The maximum Gasteiger partial charge on any atom is 0.317 e. The van der Waals surface area contributed by atoms with Crippen molar-refractivity contribution in [2.45, 2.75) is 11.2 Å². The minimum absolute atomic E-state index is 0.486. The Balaban J connectivity index is 2.58. The van der Waals surface area contributed by atoms with Crippen molar-refractivity contribution < 1.29 is 9.90 Å². The summed E-state index contributed by atoms with van der Waals surface area (Å²) in [5, 5.41) is 8.60. The van der Waals surface area contributed by atoms with Crippen LogP contribution in [0.2, 0.25) is 0 Å². The normalized spacial score (nSPS) is 12.4. The van der Waals surface area contributed by atoms with Gasteiger partial charge in [0.05, 0.1) is 0 Å². The predicted molar refractivity (Wildman–Crippen MR) is 50.5 cm³/mol. The van der Waals surface area contributed by atoms with Crippen molar-refractivity contribution in [3.05, 3.63) is 35.9 Å². The molecular formula is C9H9BrO2.